The van der Waals surface area contributed by atoms with Gasteiger partial charge >= 0.3 is 0 Å². The third kappa shape index (κ3) is 4.72. The Morgan fingerprint density at radius 2 is 1.97 bits per heavy atom. The Labute approximate surface area is 181 Å². The molecule has 30 heavy (non-hydrogen) atoms. The lowest BCUT2D eigenvalue weighted by molar-refractivity contribution is -0.137. The highest BCUT2D eigenvalue weighted by atomic mass is 16.5. The van der Waals surface area contributed by atoms with E-state index in [9.17, 15) is 4.79 Å². The van der Waals surface area contributed by atoms with Crippen LogP contribution in [0.1, 0.15) is 56.6 Å². The van der Waals surface area contributed by atoms with Crippen LogP contribution in [0.4, 0.5) is 0 Å². The summed E-state index contributed by atoms with van der Waals surface area (Å²) < 4.78 is 5.65. The molecule has 1 amide bonds. The summed E-state index contributed by atoms with van der Waals surface area (Å²) in [5, 5.41) is 3.37. The van der Waals surface area contributed by atoms with Crippen LogP contribution in [0.3, 0.4) is 0 Å². The topological polar surface area (TPSA) is 65.6 Å². The number of likely N-dealkylation sites (N-methyl/N-ethyl adjacent to an activating group) is 1. The first-order valence-electron chi connectivity index (χ1n) is 11.6. The minimum atomic E-state index is -0.387. The largest absolute Gasteiger partial charge is 0.381 e. The third-order valence-corrected chi connectivity index (χ3v) is 7.43. The minimum Gasteiger partial charge on any atom is -0.381 e. The summed E-state index contributed by atoms with van der Waals surface area (Å²) in [6.07, 6.45) is 4.87. The molecule has 6 heteroatoms. The number of rotatable bonds is 5. The number of carbonyl (C=O) groups excluding carboxylic acids is 1. The van der Waals surface area contributed by atoms with Crippen LogP contribution in [0.5, 0.6) is 0 Å². The molecule has 0 aliphatic carbocycles. The van der Waals surface area contributed by atoms with Crippen molar-refractivity contribution in [3.05, 3.63) is 35.4 Å². The summed E-state index contributed by atoms with van der Waals surface area (Å²) in [5.41, 5.74) is 8.80. The zero-order chi connectivity index (χ0) is 21.1. The Balaban J connectivity index is 1.51. The van der Waals surface area contributed by atoms with Crippen LogP contribution >= 0.6 is 0 Å². The lowest BCUT2D eigenvalue weighted by Gasteiger charge is -2.38. The second kappa shape index (κ2) is 9.35. The zero-order valence-corrected chi connectivity index (χ0v) is 18.7. The molecule has 3 aliphatic heterocycles. The maximum absolute atomic E-state index is 13.6. The molecular formula is C24H38N4O2. The summed E-state index contributed by atoms with van der Waals surface area (Å²) in [7, 11) is 2.21. The van der Waals surface area contributed by atoms with Gasteiger partial charge in [-0.15, -0.1) is 0 Å². The predicted octanol–water partition coefficient (Wildman–Crippen LogP) is 2.20. The number of likely N-dealkylation sites (tertiary alicyclic amines) is 1. The molecule has 0 radical (unpaired) electrons. The molecule has 3 aliphatic rings. The van der Waals surface area contributed by atoms with E-state index in [1.807, 2.05) is 0 Å². The first kappa shape index (κ1) is 21.8. The van der Waals surface area contributed by atoms with Gasteiger partial charge in [-0.25, -0.2) is 0 Å². The van der Waals surface area contributed by atoms with E-state index in [2.05, 4.69) is 66.2 Å². The molecule has 4 rings (SSSR count). The third-order valence-electron chi connectivity index (χ3n) is 7.43. The van der Waals surface area contributed by atoms with Gasteiger partial charge < -0.3 is 15.0 Å². The second-order valence-corrected chi connectivity index (χ2v) is 9.78. The molecule has 0 saturated carbocycles. The van der Waals surface area contributed by atoms with E-state index in [1.165, 1.54) is 30.5 Å². The van der Waals surface area contributed by atoms with Crippen molar-refractivity contribution in [2.75, 3.05) is 33.4 Å². The molecule has 0 bridgehead atoms. The van der Waals surface area contributed by atoms with Gasteiger partial charge in [0.05, 0.1) is 11.5 Å². The zero-order valence-electron chi connectivity index (χ0n) is 18.7. The quantitative estimate of drug-likeness (QED) is 0.689. The maximum atomic E-state index is 13.6. The number of nitrogens with one attached hydrogen (secondary N) is 3. The molecule has 3 N–H and O–H groups in total. The molecular weight excluding hydrogens is 376 g/mol. The van der Waals surface area contributed by atoms with Crippen LogP contribution in [-0.2, 0) is 16.0 Å². The van der Waals surface area contributed by atoms with Crippen molar-refractivity contribution >= 4 is 5.91 Å². The van der Waals surface area contributed by atoms with Crippen LogP contribution in [0.25, 0.3) is 0 Å². The molecule has 3 unspecified atom stereocenters. The Hall–Kier alpha value is -1.47. The summed E-state index contributed by atoms with van der Waals surface area (Å²) >= 11 is 0. The second-order valence-electron chi connectivity index (χ2n) is 9.78. The van der Waals surface area contributed by atoms with Crippen LogP contribution in [0.15, 0.2) is 24.3 Å². The average Bonchev–Trinajstić information content (AvgIpc) is 3.06. The molecule has 3 saturated heterocycles. The Morgan fingerprint density at radius 3 is 2.67 bits per heavy atom. The SMILES string of the molecule is CC1NNC(C)C1NC(=O)C1(Cc2cccc(C3CCCN(C)C3)c2)CCOCC1. The fraction of sp³-hybridized carbons (Fsp3) is 0.708. The predicted molar refractivity (Wildman–Crippen MR) is 119 cm³/mol. The van der Waals surface area contributed by atoms with Crippen molar-refractivity contribution in [3.63, 3.8) is 0 Å². The highest BCUT2D eigenvalue weighted by Gasteiger charge is 2.43. The van der Waals surface area contributed by atoms with Gasteiger partial charge in [0.1, 0.15) is 0 Å². The van der Waals surface area contributed by atoms with Gasteiger partial charge in [-0.05, 0) is 76.6 Å². The number of ether oxygens (including phenoxy) is 1. The van der Waals surface area contributed by atoms with Crippen molar-refractivity contribution in [1.82, 2.24) is 21.1 Å². The van der Waals surface area contributed by atoms with E-state index in [-0.39, 0.29) is 29.4 Å². The standard InChI is InChI=1S/C24H38N4O2/c1-17-22(18(2)27-26-17)25-23(29)24(9-12-30-13-10-24)15-19-6-4-7-20(14-19)21-8-5-11-28(3)16-21/h4,6-7,14,17-18,21-22,26-27H,5,8-13,15-16H2,1-3H3,(H,25,29). The van der Waals surface area contributed by atoms with Gasteiger partial charge in [0.15, 0.2) is 0 Å². The number of carbonyl (C=O) groups is 1. The minimum absolute atomic E-state index is 0.0985. The number of amides is 1. The van der Waals surface area contributed by atoms with Crippen molar-refractivity contribution in [2.45, 2.75) is 70.0 Å². The summed E-state index contributed by atoms with van der Waals surface area (Å²) in [5.74, 6) is 0.781. The van der Waals surface area contributed by atoms with Gasteiger partial charge in [0.25, 0.3) is 0 Å². The van der Waals surface area contributed by atoms with Crippen molar-refractivity contribution < 1.29 is 9.53 Å². The van der Waals surface area contributed by atoms with E-state index < -0.39 is 0 Å². The molecule has 0 aromatic heterocycles. The fourth-order valence-electron chi connectivity index (χ4n) is 5.46. The summed E-state index contributed by atoms with van der Waals surface area (Å²) in [4.78, 5) is 16.0. The van der Waals surface area contributed by atoms with Gasteiger partial charge in [0, 0.05) is 31.8 Å². The Bertz CT molecular complexity index is 724. The van der Waals surface area contributed by atoms with Crippen LogP contribution in [0.2, 0.25) is 0 Å². The van der Waals surface area contributed by atoms with E-state index in [1.54, 1.807) is 0 Å². The van der Waals surface area contributed by atoms with Crippen LogP contribution in [-0.4, -0.2) is 62.3 Å². The molecule has 1 aromatic rings. The molecule has 3 atom stereocenters. The summed E-state index contributed by atoms with van der Waals surface area (Å²) in [6, 6.07) is 9.53. The maximum Gasteiger partial charge on any atom is 0.227 e. The smallest absolute Gasteiger partial charge is 0.227 e. The fourth-order valence-corrected chi connectivity index (χ4v) is 5.46. The van der Waals surface area contributed by atoms with Crippen molar-refractivity contribution in [3.8, 4) is 0 Å². The van der Waals surface area contributed by atoms with Crippen molar-refractivity contribution in [1.29, 1.82) is 0 Å². The van der Waals surface area contributed by atoms with Crippen molar-refractivity contribution in [2.24, 2.45) is 5.41 Å². The van der Waals surface area contributed by atoms with Gasteiger partial charge in [-0.2, -0.15) is 0 Å². The molecule has 3 fully saturated rings. The number of hydrogen-bond donors (Lipinski definition) is 3. The number of hydrazine groups is 1. The van der Waals surface area contributed by atoms with E-state index in [0.717, 1.165) is 25.8 Å². The molecule has 0 spiro atoms. The summed E-state index contributed by atoms with van der Waals surface area (Å²) in [6.45, 7) is 7.87. The highest BCUT2D eigenvalue weighted by molar-refractivity contribution is 5.83. The molecule has 3 heterocycles. The average molecular weight is 415 g/mol. The van der Waals surface area contributed by atoms with Gasteiger partial charge in [-0.1, -0.05) is 24.3 Å². The number of nitrogens with zero attached hydrogens (tertiary/aromatic N) is 1. The normalized spacial score (nSPS) is 32.1. The highest BCUT2D eigenvalue weighted by Crippen LogP contribution is 2.36. The van der Waals surface area contributed by atoms with Crippen LogP contribution in [0, 0.1) is 5.41 Å². The first-order valence-corrected chi connectivity index (χ1v) is 11.6. The van der Waals surface area contributed by atoms with Gasteiger partial charge in [0.2, 0.25) is 5.91 Å². The van der Waals surface area contributed by atoms with E-state index in [0.29, 0.717) is 19.1 Å². The number of benzene rings is 1. The first-order chi connectivity index (χ1) is 14.5. The van der Waals surface area contributed by atoms with Gasteiger partial charge in [-0.3, -0.25) is 15.6 Å². The Morgan fingerprint density at radius 1 is 1.23 bits per heavy atom. The number of piperidine rings is 1. The van der Waals surface area contributed by atoms with Crippen LogP contribution < -0.4 is 16.2 Å². The molecule has 1 aromatic carbocycles. The molecule has 6 nitrogen and oxygen atoms in total. The lowest BCUT2D eigenvalue weighted by atomic mass is 9.73. The van der Waals surface area contributed by atoms with E-state index in [4.69, 9.17) is 4.74 Å². The van der Waals surface area contributed by atoms with E-state index >= 15 is 0 Å². The Kier molecular flexibility index (Phi) is 6.78. The molecule has 166 valence electrons. The lowest BCUT2D eigenvalue weighted by Crippen LogP contribution is -2.54. The monoisotopic (exact) mass is 414 g/mol. The number of hydrogen-bond acceptors (Lipinski definition) is 5.